The van der Waals surface area contributed by atoms with Crippen LogP contribution in [0.3, 0.4) is 0 Å². The molecular formula is C20H12O7. The highest BCUT2D eigenvalue weighted by molar-refractivity contribution is 6.33. The summed E-state index contributed by atoms with van der Waals surface area (Å²) in [5.74, 6) is -3.41. The quantitative estimate of drug-likeness (QED) is 0.468. The molecule has 0 spiro atoms. The smallest absolute Gasteiger partial charge is 0.335 e. The Morgan fingerprint density at radius 1 is 0.889 bits per heavy atom. The van der Waals surface area contributed by atoms with Gasteiger partial charge in [0, 0.05) is 16.3 Å². The van der Waals surface area contributed by atoms with Crippen LogP contribution >= 0.6 is 0 Å². The summed E-state index contributed by atoms with van der Waals surface area (Å²) in [7, 11) is 1.36. The van der Waals surface area contributed by atoms with Gasteiger partial charge in [-0.15, -0.1) is 0 Å². The third-order valence-electron chi connectivity index (χ3n) is 4.67. The van der Waals surface area contributed by atoms with Gasteiger partial charge in [0.1, 0.15) is 17.2 Å². The van der Waals surface area contributed by atoms with Crippen molar-refractivity contribution in [1.29, 1.82) is 0 Å². The van der Waals surface area contributed by atoms with E-state index in [9.17, 15) is 24.6 Å². The summed E-state index contributed by atoms with van der Waals surface area (Å²) in [6.45, 7) is 0. The van der Waals surface area contributed by atoms with Crippen molar-refractivity contribution in [2.75, 3.05) is 7.11 Å². The van der Waals surface area contributed by atoms with E-state index in [4.69, 9.17) is 9.84 Å². The molecule has 3 aromatic carbocycles. The lowest BCUT2D eigenvalue weighted by Crippen LogP contribution is -2.22. The number of carbonyl (C=O) groups is 3. The molecule has 7 heteroatoms. The highest BCUT2D eigenvalue weighted by Crippen LogP contribution is 2.45. The van der Waals surface area contributed by atoms with Crippen LogP contribution in [0.1, 0.15) is 42.2 Å². The summed E-state index contributed by atoms with van der Waals surface area (Å²) >= 11 is 0. The lowest BCUT2D eigenvalue weighted by atomic mass is 9.81. The molecule has 3 N–H and O–H groups in total. The van der Waals surface area contributed by atoms with Crippen molar-refractivity contribution >= 4 is 28.3 Å². The van der Waals surface area contributed by atoms with Crippen LogP contribution in [0.15, 0.2) is 36.4 Å². The molecule has 0 fully saturated rings. The van der Waals surface area contributed by atoms with Crippen molar-refractivity contribution in [3.63, 3.8) is 0 Å². The molecule has 0 radical (unpaired) electrons. The van der Waals surface area contributed by atoms with Crippen molar-refractivity contribution in [3.05, 3.63) is 64.2 Å². The first kappa shape index (κ1) is 16.6. The molecule has 27 heavy (non-hydrogen) atoms. The summed E-state index contributed by atoms with van der Waals surface area (Å²) in [5, 5.41) is 30.5. The number of phenols is 2. The number of hydrogen-bond acceptors (Lipinski definition) is 6. The maximum Gasteiger partial charge on any atom is 0.335 e. The molecule has 134 valence electrons. The number of ketones is 2. The first-order chi connectivity index (χ1) is 12.9. The number of phenolic OH excluding ortho intramolecular Hbond substituents is 2. The molecule has 0 heterocycles. The molecular weight excluding hydrogens is 352 g/mol. The molecule has 0 amide bonds. The number of fused-ring (bicyclic) bond motifs is 3. The fraction of sp³-hybridized carbons (Fsp3) is 0.0500. The van der Waals surface area contributed by atoms with Gasteiger partial charge in [0.05, 0.1) is 29.4 Å². The minimum Gasteiger partial charge on any atom is -0.506 e. The fourth-order valence-corrected chi connectivity index (χ4v) is 3.41. The second kappa shape index (κ2) is 5.57. The van der Waals surface area contributed by atoms with Crippen LogP contribution in [-0.4, -0.2) is 40.0 Å². The van der Waals surface area contributed by atoms with Gasteiger partial charge in [0.2, 0.25) is 5.78 Å². The van der Waals surface area contributed by atoms with Gasteiger partial charge in [-0.05, 0) is 24.3 Å². The van der Waals surface area contributed by atoms with E-state index in [-0.39, 0.29) is 44.3 Å². The van der Waals surface area contributed by atoms with Gasteiger partial charge in [-0.2, -0.15) is 0 Å². The van der Waals surface area contributed by atoms with Gasteiger partial charge in [-0.1, -0.05) is 12.1 Å². The van der Waals surface area contributed by atoms with E-state index in [1.165, 1.54) is 37.4 Å². The van der Waals surface area contributed by atoms with Crippen LogP contribution in [-0.2, 0) is 0 Å². The Morgan fingerprint density at radius 3 is 2.22 bits per heavy atom. The normalized spacial score (nSPS) is 12.6. The summed E-state index contributed by atoms with van der Waals surface area (Å²) < 4.78 is 5.16. The highest BCUT2D eigenvalue weighted by Gasteiger charge is 2.38. The van der Waals surface area contributed by atoms with E-state index in [0.29, 0.717) is 0 Å². The van der Waals surface area contributed by atoms with Gasteiger partial charge in [-0.3, -0.25) is 9.59 Å². The Balaban J connectivity index is 2.12. The molecule has 0 atom stereocenters. The largest absolute Gasteiger partial charge is 0.506 e. The zero-order chi connectivity index (χ0) is 19.5. The number of aromatic carboxylic acids is 1. The monoisotopic (exact) mass is 364 g/mol. The summed E-state index contributed by atoms with van der Waals surface area (Å²) in [6, 6.07) is 8.14. The Hall–Kier alpha value is -3.87. The summed E-state index contributed by atoms with van der Waals surface area (Å²) in [6.07, 6.45) is 0. The van der Waals surface area contributed by atoms with E-state index in [1.807, 2.05) is 0 Å². The molecule has 1 aliphatic rings. The number of aromatic hydroxyl groups is 2. The second-order valence-corrected chi connectivity index (χ2v) is 6.05. The van der Waals surface area contributed by atoms with Crippen molar-refractivity contribution in [2.24, 2.45) is 0 Å². The van der Waals surface area contributed by atoms with E-state index < -0.39 is 29.0 Å². The van der Waals surface area contributed by atoms with E-state index in [2.05, 4.69) is 0 Å². The molecule has 1 aliphatic carbocycles. The molecule has 0 aliphatic heterocycles. The maximum atomic E-state index is 13.0. The van der Waals surface area contributed by atoms with Gasteiger partial charge in [-0.25, -0.2) is 4.79 Å². The lowest BCUT2D eigenvalue weighted by molar-refractivity contribution is 0.0696. The minimum atomic E-state index is -1.23. The highest BCUT2D eigenvalue weighted by atomic mass is 16.5. The van der Waals surface area contributed by atoms with Gasteiger partial charge >= 0.3 is 5.97 Å². The molecule has 0 bridgehead atoms. The zero-order valence-corrected chi connectivity index (χ0v) is 13.9. The van der Waals surface area contributed by atoms with Crippen molar-refractivity contribution in [3.8, 4) is 17.2 Å². The number of benzene rings is 3. The van der Waals surface area contributed by atoms with Crippen LogP contribution in [0.25, 0.3) is 10.8 Å². The number of hydrogen-bond donors (Lipinski definition) is 3. The molecule has 7 nitrogen and oxygen atoms in total. The SMILES string of the molecule is COc1cccc2c1C(=O)c1c(c(O)c3cc(C(=O)O)ccc3c1O)C2=O. The Morgan fingerprint density at radius 2 is 1.56 bits per heavy atom. The number of carboxylic acids is 1. The van der Waals surface area contributed by atoms with Crippen LogP contribution in [0.2, 0.25) is 0 Å². The Bertz CT molecular complexity index is 1190. The standard InChI is InChI=1S/C20H12O7/c1-27-12-4-2-3-10-13(12)19(24)15-14(17(10)22)18(23)11-7-8(20(25)26)5-6-9(11)16(15)21/h2-7,21,23H,1H3,(H,25,26). The van der Waals surface area contributed by atoms with E-state index in [1.54, 1.807) is 0 Å². The van der Waals surface area contributed by atoms with Crippen LogP contribution in [0.4, 0.5) is 0 Å². The predicted molar refractivity (Wildman–Crippen MR) is 94.1 cm³/mol. The summed E-state index contributed by atoms with van der Waals surface area (Å²) in [4.78, 5) is 37.2. The van der Waals surface area contributed by atoms with Crippen molar-refractivity contribution < 1.29 is 34.4 Å². The van der Waals surface area contributed by atoms with Gasteiger partial charge < -0.3 is 20.1 Å². The maximum absolute atomic E-state index is 13.0. The zero-order valence-electron chi connectivity index (χ0n) is 13.9. The Labute approximate surface area is 152 Å². The van der Waals surface area contributed by atoms with E-state index in [0.717, 1.165) is 6.07 Å². The Kier molecular flexibility index (Phi) is 3.42. The average molecular weight is 364 g/mol. The molecule has 0 saturated carbocycles. The number of ether oxygens (including phenoxy) is 1. The molecule has 0 unspecified atom stereocenters. The van der Waals surface area contributed by atoms with Crippen LogP contribution in [0, 0.1) is 0 Å². The summed E-state index contributed by atoms with van der Waals surface area (Å²) in [5.41, 5.74) is -0.767. The van der Waals surface area contributed by atoms with Gasteiger partial charge in [0.25, 0.3) is 0 Å². The van der Waals surface area contributed by atoms with Crippen LogP contribution in [0.5, 0.6) is 17.2 Å². The number of methoxy groups -OCH3 is 1. The predicted octanol–water partition coefficient (Wildman–Crippen LogP) is 2.73. The first-order valence-electron chi connectivity index (χ1n) is 7.88. The number of carbonyl (C=O) groups excluding carboxylic acids is 2. The molecule has 3 aromatic rings. The number of rotatable bonds is 2. The fourth-order valence-electron chi connectivity index (χ4n) is 3.41. The third kappa shape index (κ3) is 2.11. The minimum absolute atomic E-state index is 0.00806. The average Bonchev–Trinajstić information content (AvgIpc) is 2.67. The van der Waals surface area contributed by atoms with Gasteiger partial charge in [0.15, 0.2) is 5.78 Å². The first-order valence-corrected chi connectivity index (χ1v) is 7.88. The second-order valence-electron chi connectivity index (χ2n) is 6.05. The van der Waals surface area contributed by atoms with Crippen LogP contribution < -0.4 is 4.74 Å². The topological polar surface area (TPSA) is 121 Å². The van der Waals surface area contributed by atoms with E-state index >= 15 is 0 Å². The molecule has 0 saturated heterocycles. The number of carboxylic acid groups (broad SMARTS) is 1. The molecule has 0 aromatic heterocycles. The van der Waals surface area contributed by atoms with Crippen molar-refractivity contribution in [1.82, 2.24) is 0 Å². The third-order valence-corrected chi connectivity index (χ3v) is 4.67. The molecule has 4 rings (SSSR count). The van der Waals surface area contributed by atoms with Crippen molar-refractivity contribution in [2.45, 2.75) is 0 Å². The lowest BCUT2D eigenvalue weighted by Gasteiger charge is -2.22.